The van der Waals surface area contributed by atoms with Crippen LogP contribution in [0.25, 0.3) is 6.08 Å². The predicted octanol–water partition coefficient (Wildman–Crippen LogP) is 4.75. The van der Waals surface area contributed by atoms with Gasteiger partial charge in [0.25, 0.3) is 5.56 Å². The maximum absolute atomic E-state index is 13.6. The number of halogens is 1. The van der Waals surface area contributed by atoms with Gasteiger partial charge in [0.15, 0.2) is 4.80 Å². The summed E-state index contributed by atoms with van der Waals surface area (Å²) in [4.78, 5) is 31.7. The summed E-state index contributed by atoms with van der Waals surface area (Å²) in [5.41, 5.74) is 3.68. The van der Waals surface area contributed by atoms with Crippen molar-refractivity contribution in [1.29, 1.82) is 0 Å². The number of thiazole rings is 1. The van der Waals surface area contributed by atoms with Crippen LogP contribution in [0.1, 0.15) is 57.4 Å². The maximum atomic E-state index is 13.6. The van der Waals surface area contributed by atoms with Gasteiger partial charge in [-0.25, -0.2) is 9.79 Å². The Morgan fingerprint density at radius 2 is 1.79 bits per heavy atom. The van der Waals surface area contributed by atoms with Crippen molar-refractivity contribution < 1.29 is 9.53 Å². The van der Waals surface area contributed by atoms with Gasteiger partial charge in [-0.2, -0.15) is 0 Å². The van der Waals surface area contributed by atoms with Crippen molar-refractivity contribution in [2.75, 3.05) is 6.61 Å². The van der Waals surface area contributed by atoms with E-state index in [1.54, 1.807) is 30.5 Å². The SMILES string of the molecule is CCOC(=O)C1=C(C)N=c2s/c(=C/c3ccc(C(C)(C)C)cc3)c(=O)n2C1c1ccc(Cl)cc1. The number of nitrogens with zero attached hydrogens (tertiary/aromatic N) is 2. The van der Waals surface area contributed by atoms with Crippen molar-refractivity contribution in [3.05, 3.63) is 101 Å². The summed E-state index contributed by atoms with van der Waals surface area (Å²) >= 11 is 7.41. The Balaban J connectivity index is 1.88. The molecule has 2 heterocycles. The molecule has 2 aromatic carbocycles. The van der Waals surface area contributed by atoms with Crippen LogP contribution in [-0.4, -0.2) is 17.1 Å². The number of carbonyl (C=O) groups excluding carboxylic acids is 1. The molecule has 0 spiro atoms. The van der Waals surface area contributed by atoms with E-state index in [0.717, 1.165) is 11.1 Å². The normalized spacial score (nSPS) is 16.3. The first-order valence-corrected chi connectivity index (χ1v) is 12.3. The highest BCUT2D eigenvalue weighted by Crippen LogP contribution is 2.31. The molecule has 0 fully saturated rings. The molecule has 0 amide bonds. The zero-order valence-corrected chi connectivity index (χ0v) is 21.5. The van der Waals surface area contributed by atoms with Crippen molar-refractivity contribution in [2.24, 2.45) is 4.99 Å². The van der Waals surface area contributed by atoms with Gasteiger partial charge in [-0.15, -0.1) is 0 Å². The minimum Gasteiger partial charge on any atom is -0.463 e. The van der Waals surface area contributed by atoms with Crippen LogP contribution in [0.4, 0.5) is 0 Å². The van der Waals surface area contributed by atoms with E-state index in [-0.39, 0.29) is 17.6 Å². The van der Waals surface area contributed by atoms with E-state index in [2.05, 4.69) is 37.9 Å². The Morgan fingerprint density at radius 1 is 1.15 bits per heavy atom. The molecule has 5 nitrogen and oxygen atoms in total. The van der Waals surface area contributed by atoms with Crippen LogP contribution in [0.2, 0.25) is 5.02 Å². The zero-order valence-electron chi connectivity index (χ0n) is 19.9. The summed E-state index contributed by atoms with van der Waals surface area (Å²) in [5.74, 6) is -0.476. The van der Waals surface area contributed by atoms with Gasteiger partial charge in [0.2, 0.25) is 0 Å². The number of carbonyl (C=O) groups is 1. The number of allylic oxidation sites excluding steroid dienone is 1. The van der Waals surface area contributed by atoms with Crippen molar-refractivity contribution in [3.8, 4) is 0 Å². The highest BCUT2D eigenvalue weighted by molar-refractivity contribution is 7.07. The lowest BCUT2D eigenvalue weighted by molar-refractivity contribution is -0.139. The number of benzene rings is 2. The van der Waals surface area contributed by atoms with Gasteiger partial charge in [-0.3, -0.25) is 9.36 Å². The first-order chi connectivity index (χ1) is 16.1. The number of ether oxygens (including phenoxy) is 1. The Bertz CT molecular complexity index is 1440. The molecular formula is C27H27ClN2O3S. The van der Waals surface area contributed by atoms with E-state index in [1.165, 1.54) is 16.9 Å². The van der Waals surface area contributed by atoms with E-state index in [4.69, 9.17) is 16.3 Å². The molecule has 0 saturated heterocycles. The van der Waals surface area contributed by atoms with Crippen LogP contribution >= 0.6 is 22.9 Å². The number of rotatable bonds is 4. The number of fused-ring (bicyclic) bond motifs is 1. The molecule has 1 aliphatic rings. The van der Waals surface area contributed by atoms with Crippen LogP contribution in [0.3, 0.4) is 0 Å². The molecule has 0 aliphatic carbocycles. The summed E-state index contributed by atoms with van der Waals surface area (Å²) in [5, 5.41) is 0.577. The lowest BCUT2D eigenvalue weighted by atomic mass is 9.87. The summed E-state index contributed by atoms with van der Waals surface area (Å²) in [6, 6.07) is 14.7. The van der Waals surface area contributed by atoms with E-state index in [9.17, 15) is 9.59 Å². The Kier molecular flexibility index (Phi) is 6.65. The van der Waals surface area contributed by atoms with Crippen LogP contribution < -0.4 is 14.9 Å². The van der Waals surface area contributed by atoms with Crippen molar-refractivity contribution in [2.45, 2.75) is 46.1 Å². The Labute approximate surface area is 207 Å². The van der Waals surface area contributed by atoms with Gasteiger partial charge < -0.3 is 4.74 Å². The van der Waals surface area contributed by atoms with E-state index < -0.39 is 12.0 Å². The number of esters is 1. The molecule has 0 saturated carbocycles. The van der Waals surface area contributed by atoms with Crippen molar-refractivity contribution in [3.63, 3.8) is 0 Å². The summed E-state index contributed by atoms with van der Waals surface area (Å²) in [7, 11) is 0. The lowest BCUT2D eigenvalue weighted by Gasteiger charge is -2.24. The van der Waals surface area contributed by atoms with Gasteiger partial charge in [0, 0.05) is 5.02 Å². The standard InChI is InChI=1S/C27H27ClN2O3S/c1-6-33-25(32)22-16(2)29-26-30(23(22)18-9-13-20(28)14-10-18)24(31)21(34-26)15-17-7-11-19(12-8-17)27(3,4)5/h7-15,23H,6H2,1-5H3/b21-15+. The van der Waals surface area contributed by atoms with Gasteiger partial charge in [-0.05, 0) is 54.2 Å². The molecule has 0 N–H and O–H groups in total. The molecule has 7 heteroatoms. The molecule has 3 aromatic rings. The van der Waals surface area contributed by atoms with Crippen molar-refractivity contribution >= 4 is 35.0 Å². The summed E-state index contributed by atoms with van der Waals surface area (Å²) in [6.07, 6.45) is 1.87. The second kappa shape index (κ2) is 9.35. The predicted molar refractivity (Wildman–Crippen MR) is 137 cm³/mol. The van der Waals surface area contributed by atoms with Gasteiger partial charge in [-0.1, -0.05) is 80.1 Å². The molecule has 0 radical (unpaired) electrons. The highest BCUT2D eigenvalue weighted by Gasteiger charge is 2.33. The highest BCUT2D eigenvalue weighted by atomic mass is 35.5. The van der Waals surface area contributed by atoms with Gasteiger partial charge >= 0.3 is 5.97 Å². The fraction of sp³-hybridized carbons (Fsp3) is 0.296. The quantitative estimate of drug-likeness (QED) is 0.492. The first kappa shape index (κ1) is 24.2. The third-order valence-electron chi connectivity index (χ3n) is 5.78. The maximum Gasteiger partial charge on any atom is 0.338 e. The van der Waals surface area contributed by atoms with E-state index in [0.29, 0.717) is 25.6 Å². The fourth-order valence-corrected chi connectivity index (χ4v) is 5.16. The topological polar surface area (TPSA) is 60.7 Å². The molecule has 4 rings (SSSR count). The van der Waals surface area contributed by atoms with Gasteiger partial charge in [0.05, 0.1) is 28.5 Å². The fourth-order valence-electron chi connectivity index (χ4n) is 3.98. The number of hydrogen-bond acceptors (Lipinski definition) is 5. The van der Waals surface area contributed by atoms with Crippen molar-refractivity contribution in [1.82, 2.24) is 4.57 Å². The molecule has 1 unspecified atom stereocenters. The second-order valence-corrected chi connectivity index (χ2v) is 10.7. The number of aromatic nitrogens is 1. The first-order valence-electron chi connectivity index (χ1n) is 11.2. The monoisotopic (exact) mass is 494 g/mol. The van der Waals surface area contributed by atoms with Crippen LogP contribution in [0.15, 0.2) is 69.6 Å². The summed E-state index contributed by atoms with van der Waals surface area (Å²) < 4.78 is 7.46. The van der Waals surface area contributed by atoms with Crippen LogP contribution in [0, 0.1) is 0 Å². The molecule has 176 valence electrons. The van der Waals surface area contributed by atoms with E-state index >= 15 is 0 Å². The molecule has 1 aliphatic heterocycles. The third-order valence-corrected chi connectivity index (χ3v) is 7.01. The summed E-state index contributed by atoms with van der Waals surface area (Å²) in [6.45, 7) is 10.3. The Morgan fingerprint density at radius 3 is 2.38 bits per heavy atom. The molecule has 1 aromatic heterocycles. The molecule has 1 atom stereocenters. The zero-order chi connectivity index (χ0) is 24.6. The van der Waals surface area contributed by atoms with Gasteiger partial charge in [0.1, 0.15) is 0 Å². The minimum absolute atomic E-state index is 0.0531. The average molecular weight is 495 g/mol. The van der Waals surface area contributed by atoms with Crippen LogP contribution in [-0.2, 0) is 14.9 Å². The largest absolute Gasteiger partial charge is 0.463 e. The number of hydrogen-bond donors (Lipinski definition) is 0. The molecular weight excluding hydrogens is 468 g/mol. The lowest BCUT2D eigenvalue weighted by Crippen LogP contribution is -2.39. The molecule has 0 bridgehead atoms. The average Bonchev–Trinajstić information content (AvgIpc) is 3.08. The minimum atomic E-state index is -0.641. The van der Waals surface area contributed by atoms with E-state index in [1.807, 2.05) is 30.3 Å². The van der Waals surface area contributed by atoms with Crippen LogP contribution in [0.5, 0.6) is 0 Å². The second-order valence-electron chi connectivity index (χ2n) is 9.23. The Hall–Kier alpha value is -2.96. The third kappa shape index (κ3) is 4.65. The molecule has 34 heavy (non-hydrogen) atoms. The smallest absolute Gasteiger partial charge is 0.338 e.